The zero-order valence-corrected chi connectivity index (χ0v) is 8.90. The van der Waals surface area contributed by atoms with E-state index in [-0.39, 0.29) is 0 Å². The summed E-state index contributed by atoms with van der Waals surface area (Å²) in [6.07, 6.45) is 6.18. The molecule has 0 radical (unpaired) electrons. The molecule has 0 unspecified atom stereocenters. The SMILES string of the molecule is CSc1cccc2c1CCC=C2C#N. The third-order valence-electron chi connectivity index (χ3n) is 2.51. The predicted molar refractivity (Wildman–Crippen MR) is 60.1 cm³/mol. The van der Waals surface area contributed by atoms with Gasteiger partial charge in [-0.1, -0.05) is 18.2 Å². The third-order valence-corrected chi connectivity index (χ3v) is 3.33. The van der Waals surface area contributed by atoms with Crippen molar-refractivity contribution >= 4 is 17.3 Å². The normalized spacial score (nSPS) is 14.1. The van der Waals surface area contributed by atoms with Crippen molar-refractivity contribution in [2.45, 2.75) is 17.7 Å². The van der Waals surface area contributed by atoms with E-state index in [4.69, 9.17) is 5.26 Å². The third kappa shape index (κ3) is 1.44. The number of nitrogens with zero attached hydrogens (tertiary/aromatic N) is 1. The lowest BCUT2D eigenvalue weighted by atomic mass is 9.91. The van der Waals surface area contributed by atoms with Gasteiger partial charge in [0.05, 0.1) is 11.6 Å². The van der Waals surface area contributed by atoms with Gasteiger partial charge in [0, 0.05) is 4.90 Å². The Balaban J connectivity index is 2.59. The summed E-state index contributed by atoms with van der Waals surface area (Å²) in [5.74, 6) is 0. The summed E-state index contributed by atoms with van der Waals surface area (Å²) in [6.45, 7) is 0. The molecule has 0 bridgehead atoms. The van der Waals surface area contributed by atoms with Crippen LogP contribution in [0.15, 0.2) is 29.2 Å². The second-order valence-electron chi connectivity index (χ2n) is 3.25. The van der Waals surface area contributed by atoms with Gasteiger partial charge in [0.1, 0.15) is 0 Å². The molecule has 0 atom stereocenters. The Bertz CT molecular complexity index is 426. The standard InChI is InChI=1S/C12H11NS/c1-14-12-7-3-5-10-9(8-13)4-2-6-11(10)12/h3-5,7H,2,6H2,1H3. The van der Waals surface area contributed by atoms with Crippen LogP contribution in [-0.2, 0) is 6.42 Å². The highest BCUT2D eigenvalue weighted by atomic mass is 32.2. The summed E-state index contributed by atoms with van der Waals surface area (Å²) in [5.41, 5.74) is 3.31. The van der Waals surface area contributed by atoms with Gasteiger partial charge in [-0.05, 0) is 36.3 Å². The van der Waals surface area contributed by atoms with Gasteiger partial charge < -0.3 is 0 Å². The Hall–Kier alpha value is -1.20. The lowest BCUT2D eigenvalue weighted by Gasteiger charge is -2.16. The summed E-state index contributed by atoms with van der Waals surface area (Å²) in [4.78, 5) is 1.31. The van der Waals surface area contributed by atoms with Gasteiger partial charge >= 0.3 is 0 Å². The van der Waals surface area contributed by atoms with Gasteiger partial charge in [0.2, 0.25) is 0 Å². The van der Waals surface area contributed by atoms with Crippen molar-refractivity contribution in [3.8, 4) is 6.07 Å². The minimum atomic E-state index is 0.835. The molecule has 1 aliphatic rings. The number of fused-ring (bicyclic) bond motifs is 1. The maximum absolute atomic E-state index is 8.98. The van der Waals surface area contributed by atoms with Crippen LogP contribution in [0.3, 0.4) is 0 Å². The van der Waals surface area contributed by atoms with Gasteiger partial charge in [-0.15, -0.1) is 11.8 Å². The molecule has 0 aliphatic heterocycles. The van der Waals surface area contributed by atoms with Crippen LogP contribution in [0.25, 0.3) is 5.57 Å². The molecule has 0 saturated heterocycles. The average molecular weight is 201 g/mol. The highest BCUT2D eigenvalue weighted by molar-refractivity contribution is 7.98. The van der Waals surface area contributed by atoms with E-state index in [0.29, 0.717) is 0 Å². The zero-order valence-electron chi connectivity index (χ0n) is 8.08. The highest BCUT2D eigenvalue weighted by Gasteiger charge is 2.14. The first-order chi connectivity index (χ1) is 6.86. The van der Waals surface area contributed by atoms with Crippen molar-refractivity contribution in [2.24, 2.45) is 0 Å². The molecular weight excluding hydrogens is 190 g/mol. The van der Waals surface area contributed by atoms with Crippen LogP contribution in [-0.4, -0.2) is 6.26 Å². The molecule has 1 aromatic carbocycles. The van der Waals surface area contributed by atoms with E-state index in [1.54, 1.807) is 11.8 Å². The van der Waals surface area contributed by atoms with E-state index >= 15 is 0 Å². The summed E-state index contributed by atoms with van der Waals surface area (Å²) in [6, 6.07) is 8.47. The fraction of sp³-hybridized carbons (Fsp3) is 0.250. The summed E-state index contributed by atoms with van der Waals surface area (Å²) in [7, 11) is 0. The molecule has 0 heterocycles. The Morgan fingerprint density at radius 2 is 2.29 bits per heavy atom. The van der Waals surface area contributed by atoms with Crippen LogP contribution >= 0.6 is 11.8 Å². The van der Waals surface area contributed by atoms with Crippen molar-refractivity contribution < 1.29 is 0 Å². The molecule has 0 amide bonds. The van der Waals surface area contributed by atoms with Crippen LogP contribution in [0, 0.1) is 11.3 Å². The van der Waals surface area contributed by atoms with Crippen LogP contribution in [0.1, 0.15) is 17.5 Å². The molecule has 1 aromatic rings. The molecule has 14 heavy (non-hydrogen) atoms. The molecule has 0 aromatic heterocycles. The van der Waals surface area contributed by atoms with Crippen molar-refractivity contribution in [1.29, 1.82) is 5.26 Å². The first-order valence-electron chi connectivity index (χ1n) is 4.63. The molecule has 70 valence electrons. The first-order valence-corrected chi connectivity index (χ1v) is 5.86. The minimum absolute atomic E-state index is 0.835. The van der Waals surface area contributed by atoms with Gasteiger partial charge in [-0.2, -0.15) is 5.26 Å². The number of rotatable bonds is 1. The molecule has 1 nitrogen and oxygen atoms in total. The molecule has 0 N–H and O–H groups in total. The van der Waals surface area contributed by atoms with E-state index in [1.165, 1.54) is 10.5 Å². The number of hydrogen-bond donors (Lipinski definition) is 0. The Morgan fingerprint density at radius 1 is 1.43 bits per heavy atom. The van der Waals surface area contributed by atoms with Crippen molar-refractivity contribution in [3.05, 3.63) is 35.4 Å². The minimum Gasteiger partial charge on any atom is -0.192 e. The molecule has 2 rings (SSSR count). The lowest BCUT2D eigenvalue weighted by molar-refractivity contribution is 0.949. The van der Waals surface area contributed by atoms with E-state index in [0.717, 1.165) is 24.0 Å². The van der Waals surface area contributed by atoms with Crippen LogP contribution in [0.5, 0.6) is 0 Å². The molecular formula is C12H11NS. The van der Waals surface area contributed by atoms with Gasteiger partial charge in [-0.25, -0.2) is 0 Å². The summed E-state index contributed by atoms with van der Waals surface area (Å²) in [5, 5.41) is 8.98. The molecule has 0 spiro atoms. The first kappa shape index (κ1) is 9.36. The number of hydrogen-bond acceptors (Lipinski definition) is 2. The Kier molecular flexibility index (Phi) is 2.60. The number of allylic oxidation sites excluding steroid dienone is 2. The maximum atomic E-state index is 8.98. The molecule has 2 heteroatoms. The maximum Gasteiger partial charge on any atom is 0.0994 e. The average Bonchev–Trinajstić information content (AvgIpc) is 2.27. The fourth-order valence-electron chi connectivity index (χ4n) is 1.84. The smallest absolute Gasteiger partial charge is 0.0994 e. The van der Waals surface area contributed by atoms with E-state index in [1.807, 2.05) is 18.2 Å². The van der Waals surface area contributed by atoms with Gasteiger partial charge in [-0.3, -0.25) is 0 Å². The van der Waals surface area contributed by atoms with Gasteiger partial charge in [0.15, 0.2) is 0 Å². The van der Waals surface area contributed by atoms with Crippen molar-refractivity contribution in [2.75, 3.05) is 6.26 Å². The van der Waals surface area contributed by atoms with Gasteiger partial charge in [0.25, 0.3) is 0 Å². The lowest BCUT2D eigenvalue weighted by Crippen LogP contribution is -2.00. The van der Waals surface area contributed by atoms with E-state index in [9.17, 15) is 0 Å². The highest BCUT2D eigenvalue weighted by Crippen LogP contribution is 2.32. The number of thioether (sulfide) groups is 1. The second kappa shape index (κ2) is 3.89. The monoisotopic (exact) mass is 201 g/mol. The largest absolute Gasteiger partial charge is 0.192 e. The van der Waals surface area contributed by atoms with Crippen LogP contribution in [0.2, 0.25) is 0 Å². The van der Waals surface area contributed by atoms with Crippen molar-refractivity contribution in [3.63, 3.8) is 0 Å². The summed E-state index contributed by atoms with van der Waals surface area (Å²) >= 11 is 1.76. The van der Waals surface area contributed by atoms with E-state index < -0.39 is 0 Å². The fourth-order valence-corrected chi connectivity index (χ4v) is 2.52. The number of benzene rings is 1. The second-order valence-corrected chi connectivity index (χ2v) is 4.10. The summed E-state index contributed by atoms with van der Waals surface area (Å²) < 4.78 is 0. The van der Waals surface area contributed by atoms with Crippen LogP contribution < -0.4 is 0 Å². The van der Waals surface area contributed by atoms with E-state index in [2.05, 4.69) is 18.4 Å². The van der Waals surface area contributed by atoms with Crippen molar-refractivity contribution in [1.82, 2.24) is 0 Å². The number of nitriles is 1. The Morgan fingerprint density at radius 3 is 3.00 bits per heavy atom. The van der Waals surface area contributed by atoms with Crippen LogP contribution in [0.4, 0.5) is 0 Å². The molecule has 1 aliphatic carbocycles. The zero-order chi connectivity index (χ0) is 9.97. The topological polar surface area (TPSA) is 23.8 Å². The Labute approximate surface area is 88.4 Å². The quantitative estimate of drug-likeness (QED) is 0.651. The predicted octanol–water partition coefficient (Wildman–Crippen LogP) is 3.26. The molecule has 0 saturated carbocycles. The molecule has 0 fully saturated rings.